The Balaban J connectivity index is 2.48. The highest BCUT2D eigenvalue weighted by Crippen LogP contribution is 2.35. The minimum Gasteiger partial charge on any atom is -0.320 e. The fourth-order valence-electron chi connectivity index (χ4n) is 1.89. The molecule has 0 saturated carbocycles. The van der Waals surface area contributed by atoms with Crippen molar-refractivity contribution in [3.63, 3.8) is 0 Å². The lowest BCUT2D eigenvalue weighted by molar-refractivity contribution is -0.138. The molecule has 0 amide bonds. The van der Waals surface area contributed by atoms with E-state index in [0.29, 0.717) is 5.56 Å². The molecule has 0 radical (unpaired) electrons. The summed E-state index contributed by atoms with van der Waals surface area (Å²) in [5.41, 5.74) is 6.77. The Hall–Kier alpha value is -1.40. The topological polar surface area (TPSA) is 38.9 Å². The fourth-order valence-corrected chi connectivity index (χ4v) is 2.29. The molecule has 1 atom stereocenters. The van der Waals surface area contributed by atoms with Crippen LogP contribution in [0.4, 0.5) is 13.2 Å². The van der Waals surface area contributed by atoms with E-state index in [0.717, 1.165) is 22.3 Å². The lowest BCUT2D eigenvalue weighted by Gasteiger charge is -2.18. The number of halogens is 4. The standard InChI is InChI=1S/C14H12BrF3N2/c1-8-2-3-9(6-12(8)15)13(19)10-7-20-5-4-11(10)14(16,17)18/h2-7,13H,19H2,1H3. The molecule has 1 aromatic heterocycles. The van der Waals surface area contributed by atoms with Crippen LogP contribution in [0.15, 0.2) is 41.1 Å². The first-order valence-corrected chi connectivity index (χ1v) is 6.62. The van der Waals surface area contributed by atoms with E-state index in [-0.39, 0.29) is 5.56 Å². The molecule has 0 aliphatic carbocycles. The van der Waals surface area contributed by atoms with Gasteiger partial charge in [-0.05, 0) is 30.2 Å². The van der Waals surface area contributed by atoms with Crippen molar-refractivity contribution < 1.29 is 13.2 Å². The number of benzene rings is 1. The number of rotatable bonds is 2. The van der Waals surface area contributed by atoms with Crippen LogP contribution in [0.25, 0.3) is 0 Å². The van der Waals surface area contributed by atoms with E-state index in [4.69, 9.17) is 5.73 Å². The van der Waals surface area contributed by atoms with Gasteiger partial charge < -0.3 is 5.73 Å². The molecule has 1 aromatic carbocycles. The molecule has 0 aliphatic rings. The summed E-state index contributed by atoms with van der Waals surface area (Å²) in [4.78, 5) is 3.75. The first-order valence-electron chi connectivity index (χ1n) is 5.83. The maximum Gasteiger partial charge on any atom is 0.416 e. The third-order valence-electron chi connectivity index (χ3n) is 3.05. The van der Waals surface area contributed by atoms with Crippen LogP contribution in [0.5, 0.6) is 0 Å². The van der Waals surface area contributed by atoms with Gasteiger partial charge in [-0.1, -0.05) is 28.1 Å². The third-order valence-corrected chi connectivity index (χ3v) is 3.90. The Morgan fingerprint density at radius 3 is 2.55 bits per heavy atom. The second kappa shape index (κ2) is 5.54. The minimum absolute atomic E-state index is 0.0317. The highest BCUT2D eigenvalue weighted by atomic mass is 79.9. The second-order valence-corrected chi connectivity index (χ2v) is 5.30. The molecule has 106 valence electrons. The smallest absolute Gasteiger partial charge is 0.320 e. The van der Waals surface area contributed by atoms with Gasteiger partial charge in [-0.25, -0.2) is 0 Å². The van der Waals surface area contributed by atoms with Gasteiger partial charge in [-0.15, -0.1) is 0 Å². The van der Waals surface area contributed by atoms with Crippen LogP contribution in [0, 0.1) is 6.92 Å². The molecule has 2 N–H and O–H groups in total. The fraction of sp³-hybridized carbons (Fsp3) is 0.214. The predicted octanol–water partition coefficient (Wildman–Crippen LogP) is 4.22. The van der Waals surface area contributed by atoms with Crippen LogP contribution in [0.2, 0.25) is 0 Å². The van der Waals surface area contributed by atoms with E-state index in [1.165, 1.54) is 6.20 Å². The molecule has 0 aliphatic heterocycles. The van der Waals surface area contributed by atoms with Crippen LogP contribution in [0.1, 0.15) is 28.3 Å². The van der Waals surface area contributed by atoms with Crippen LogP contribution in [-0.4, -0.2) is 4.98 Å². The molecule has 0 fully saturated rings. The number of nitrogens with zero attached hydrogens (tertiary/aromatic N) is 1. The molecule has 1 unspecified atom stereocenters. The zero-order valence-corrected chi connectivity index (χ0v) is 12.2. The lowest BCUT2D eigenvalue weighted by atomic mass is 9.96. The summed E-state index contributed by atoms with van der Waals surface area (Å²) in [6, 6.07) is 5.32. The SMILES string of the molecule is Cc1ccc(C(N)c2cnccc2C(F)(F)F)cc1Br. The van der Waals surface area contributed by atoms with Gasteiger partial charge in [0.2, 0.25) is 0 Å². The summed E-state index contributed by atoms with van der Waals surface area (Å²) in [6.07, 6.45) is -2.16. The molecule has 0 saturated heterocycles. The van der Waals surface area contributed by atoms with Crippen molar-refractivity contribution in [2.75, 3.05) is 0 Å². The van der Waals surface area contributed by atoms with Crippen molar-refractivity contribution in [2.24, 2.45) is 5.73 Å². The Bertz CT molecular complexity index is 626. The average molecular weight is 345 g/mol. The molecule has 0 bridgehead atoms. The summed E-state index contributed by atoms with van der Waals surface area (Å²) in [7, 11) is 0. The Labute approximate surface area is 123 Å². The number of nitrogens with two attached hydrogens (primary N) is 1. The lowest BCUT2D eigenvalue weighted by Crippen LogP contribution is -2.18. The summed E-state index contributed by atoms with van der Waals surface area (Å²) >= 11 is 3.35. The second-order valence-electron chi connectivity index (χ2n) is 4.45. The molecule has 0 spiro atoms. The molecule has 2 aromatic rings. The third kappa shape index (κ3) is 3.02. The van der Waals surface area contributed by atoms with Crippen LogP contribution in [0.3, 0.4) is 0 Å². The monoisotopic (exact) mass is 344 g/mol. The van der Waals surface area contributed by atoms with Crippen molar-refractivity contribution in [1.82, 2.24) is 4.98 Å². The minimum atomic E-state index is -4.45. The predicted molar refractivity (Wildman–Crippen MR) is 74.1 cm³/mol. The van der Waals surface area contributed by atoms with Gasteiger partial charge in [0.05, 0.1) is 11.6 Å². The molecule has 1 heterocycles. The maximum atomic E-state index is 13.0. The van der Waals surface area contributed by atoms with Gasteiger partial charge in [0.15, 0.2) is 0 Å². The first-order chi connectivity index (χ1) is 9.30. The Morgan fingerprint density at radius 1 is 1.25 bits per heavy atom. The zero-order valence-electron chi connectivity index (χ0n) is 10.6. The van der Waals surface area contributed by atoms with Crippen molar-refractivity contribution in [3.05, 3.63) is 63.4 Å². The van der Waals surface area contributed by atoms with Crippen LogP contribution in [-0.2, 0) is 6.18 Å². The van der Waals surface area contributed by atoms with Crippen molar-refractivity contribution in [2.45, 2.75) is 19.1 Å². The number of aromatic nitrogens is 1. The van der Waals surface area contributed by atoms with Gasteiger partial charge in [0.25, 0.3) is 0 Å². The van der Waals surface area contributed by atoms with E-state index in [9.17, 15) is 13.2 Å². The normalized spacial score (nSPS) is 13.3. The number of pyridine rings is 1. The Kier molecular flexibility index (Phi) is 4.15. The molecule has 2 nitrogen and oxygen atoms in total. The number of hydrogen-bond acceptors (Lipinski definition) is 2. The van der Waals surface area contributed by atoms with E-state index in [1.54, 1.807) is 12.1 Å². The van der Waals surface area contributed by atoms with Crippen molar-refractivity contribution >= 4 is 15.9 Å². The molecule has 2 rings (SSSR count). The summed E-state index contributed by atoms with van der Waals surface area (Å²) in [5.74, 6) is 0. The highest BCUT2D eigenvalue weighted by molar-refractivity contribution is 9.10. The van der Waals surface area contributed by atoms with Gasteiger partial charge in [-0.2, -0.15) is 13.2 Å². The van der Waals surface area contributed by atoms with E-state index < -0.39 is 17.8 Å². The zero-order chi connectivity index (χ0) is 14.9. The summed E-state index contributed by atoms with van der Waals surface area (Å²) in [5, 5.41) is 0. The van der Waals surface area contributed by atoms with E-state index >= 15 is 0 Å². The largest absolute Gasteiger partial charge is 0.416 e. The Morgan fingerprint density at radius 2 is 1.95 bits per heavy atom. The summed E-state index contributed by atoms with van der Waals surface area (Å²) < 4.78 is 39.7. The number of hydrogen-bond donors (Lipinski definition) is 1. The highest BCUT2D eigenvalue weighted by Gasteiger charge is 2.34. The first kappa shape index (κ1) is 15.0. The van der Waals surface area contributed by atoms with Gasteiger partial charge in [0, 0.05) is 22.4 Å². The van der Waals surface area contributed by atoms with Gasteiger partial charge in [0.1, 0.15) is 0 Å². The number of aryl methyl sites for hydroxylation is 1. The van der Waals surface area contributed by atoms with Gasteiger partial charge >= 0.3 is 6.18 Å². The quantitative estimate of drug-likeness (QED) is 0.885. The maximum absolute atomic E-state index is 13.0. The van der Waals surface area contributed by atoms with Crippen molar-refractivity contribution in [1.29, 1.82) is 0 Å². The van der Waals surface area contributed by atoms with E-state index in [2.05, 4.69) is 20.9 Å². The van der Waals surface area contributed by atoms with Crippen LogP contribution >= 0.6 is 15.9 Å². The molecule has 6 heteroatoms. The van der Waals surface area contributed by atoms with Crippen LogP contribution < -0.4 is 5.73 Å². The van der Waals surface area contributed by atoms with E-state index in [1.807, 2.05) is 13.0 Å². The molecular formula is C14H12BrF3N2. The van der Waals surface area contributed by atoms with Crippen molar-refractivity contribution in [3.8, 4) is 0 Å². The molecular weight excluding hydrogens is 333 g/mol. The summed E-state index contributed by atoms with van der Waals surface area (Å²) in [6.45, 7) is 1.89. The number of alkyl halides is 3. The molecule has 20 heavy (non-hydrogen) atoms. The van der Waals surface area contributed by atoms with Gasteiger partial charge in [-0.3, -0.25) is 4.98 Å². The average Bonchev–Trinajstić information content (AvgIpc) is 2.40.